The predicted octanol–water partition coefficient (Wildman–Crippen LogP) is 18.0. The van der Waals surface area contributed by atoms with Crippen LogP contribution in [0, 0.1) is 0 Å². The Labute approximate surface area is 656 Å². The van der Waals surface area contributed by atoms with E-state index in [1.165, 1.54) is 0 Å². The van der Waals surface area contributed by atoms with Gasteiger partial charge in [0, 0.05) is 129 Å². The molecule has 2 amide bonds. The van der Waals surface area contributed by atoms with Gasteiger partial charge < -0.3 is 63.0 Å². The molecule has 598 valence electrons. The molecule has 4 aliphatic rings. The maximum absolute atomic E-state index is 13.5. The van der Waals surface area contributed by atoms with E-state index in [1.54, 1.807) is 40.1 Å². The molecule has 4 fully saturated rings. The molecule has 4 aliphatic heterocycles. The average Bonchev–Trinajstić information content (AvgIpc) is 1.53. The lowest BCUT2D eigenvalue weighted by molar-refractivity contribution is 0.00457. The molecule has 10 heterocycles. The number of ether oxygens (including phenoxy) is 7. The van der Waals surface area contributed by atoms with Crippen LogP contribution in [0.25, 0.3) is 39.3 Å². The molecule has 4 saturated heterocycles. The van der Waals surface area contributed by atoms with E-state index in [4.69, 9.17) is 53.3 Å². The van der Waals surface area contributed by atoms with Crippen molar-refractivity contribution in [3.63, 3.8) is 0 Å². The first-order valence-electron chi connectivity index (χ1n) is 39.2. The van der Waals surface area contributed by atoms with Crippen molar-refractivity contribution in [3.05, 3.63) is 88.4 Å². The Balaban J connectivity index is 0.000000250. The highest BCUT2D eigenvalue weighted by atomic mass is 79.9. The van der Waals surface area contributed by atoms with Crippen LogP contribution >= 0.6 is 15.9 Å². The highest BCUT2D eigenvalue weighted by Crippen LogP contribution is 2.50. The van der Waals surface area contributed by atoms with Crippen molar-refractivity contribution >= 4 is 89.1 Å². The third-order valence-corrected chi connectivity index (χ3v) is 27.8. The van der Waals surface area contributed by atoms with E-state index in [2.05, 4.69) is 121 Å². The van der Waals surface area contributed by atoms with Gasteiger partial charge in [-0.25, -0.2) is 19.6 Å². The highest BCUT2D eigenvalue weighted by molar-refractivity contribution is 9.10. The number of pyridine rings is 2. The Bertz CT molecular complexity index is 3960. The van der Waals surface area contributed by atoms with Gasteiger partial charge in [-0.15, -0.1) is 0 Å². The van der Waals surface area contributed by atoms with Crippen LogP contribution in [0.5, 0.6) is 0 Å². The molecule has 4 bridgehead atoms. The van der Waals surface area contributed by atoms with Crippen LogP contribution in [0.1, 0.15) is 168 Å². The summed E-state index contributed by atoms with van der Waals surface area (Å²) in [5.74, 6) is 2.20. The zero-order valence-electron chi connectivity index (χ0n) is 69.5. The summed E-state index contributed by atoms with van der Waals surface area (Å²) in [5, 5.41) is 31.1. The van der Waals surface area contributed by atoms with Gasteiger partial charge >= 0.3 is 12.2 Å². The third-order valence-electron chi connectivity index (χ3n) is 20.3. The number of halogens is 1. The number of carbonyl (C=O) groups is 2. The topological polar surface area (TPSA) is 238 Å². The highest BCUT2D eigenvalue weighted by Gasteiger charge is 2.49. The van der Waals surface area contributed by atoms with E-state index in [0.29, 0.717) is 74.9 Å². The number of piperidine rings is 2. The summed E-state index contributed by atoms with van der Waals surface area (Å²) >= 11 is 4.05. The monoisotopic (exact) mass is 1620 g/mol. The number of rotatable bonds is 31. The number of aromatic nitrogens is 8. The summed E-state index contributed by atoms with van der Waals surface area (Å²) in [6, 6.07) is 12.0. The first-order chi connectivity index (χ1) is 50.2. The standard InChI is InChI=1S/C42H68N6O6Si2.C38H61BrN6O5Si2/c1-14-53-29(2)36-37(31-23-32-16-17-33(24-31)47(32)40(49)54-41(3,4)5)45-38-34(30-15-18-35(43-25-30)42(6,7)50)26-44-48(38)39(36)46(27-51-19-21-55(8,9)10)28-52-20-22-56(11,12)13;1-37(2,3)50-36(46)44-28-13-14-29(44)21-27(20-28)33-32(39)35(43(24-48-16-18-51(6,7)8)25-49-17-19-52(9,10)11)45-34(42-33)30(23-41-45)26-12-15-31(40-22-26)38(4,5)47/h15,18,25-26,31-33,50H,2,14,16-17,19-24,27-28H2,1,3-13H3;12,15,22-23,27-29,47H,13-14,16-21,24-25H2,1-11H3/t31?,32-,33?;27?,28-,29?/m00/s1. The van der Waals surface area contributed by atoms with Crippen LogP contribution in [0.3, 0.4) is 0 Å². The van der Waals surface area contributed by atoms with Crippen molar-refractivity contribution in [1.29, 1.82) is 0 Å². The van der Waals surface area contributed by atoms with Crippen LogP contribution in [-0.4, -0.2) is 199 Å². The van der Waals surface area contributed by atoms with Crippen LogP contribution in [0.2, 0.25) is 103 Å². The van der Waals surface area contributed by atoms with Crippen LogP contribution < -0.4 is 9.80 Å². The summed E-state index contributed by atoms with van der Waals surface area (Å²) in [6.07, 6.45) is 13.5. The van der Waals surface area contributed by atoms with Crippen molar-refractivity contribution in [2.75, 3.05) is 69.8 Å². The number of nitrogens with zero attached hydrogens (tertiary/aromatic N) is 12. The number of aliphatic hydroxyl groups is 2. The Morgan fingerprint density at radius 3 is 1.17 bits per heavy atom. The van der Waals surface area contributed by atoms with Gasteiger partial charge in [0.15, 0.2) is 17.1 Å². The van der Waals surface area contributed by atoms with E-state index in [0.717, 1.165) is 131 Å². The summed E-state index contributed by atoms with van der Waals surface area (Å²) in [7, 11) is -5.29. The zero-order chi connectivity index (χ0) is 79.4. The minimum atomic E-state index is -1.35. The molecule has 10 rings (SSSR count). The van der Waals surface area contributed by atoms with Gasteiger partial charge in [0.25, 0.3) is 0 Å². The second-order valence-corrected chi connectivity index (χ2v) is 61.4. The number of amides is 2. The normalized spacial score (nSPS) is 19.4. The lowest BCUT2D eigenvalue weighted by Crippen LogP contribution is -2.48. The molecule has 2 N–H and O–H groups in total. The lowest BCUT2D eigenvalue weighted by Gasteiger charge is -2.40. The summed E-state index contributed by atoms with van der Waals surface area (Å²) in [6.45, 7) is 57.5. The molecular weight excluding hydrogens is 1500 g/mol. The molecule has 6 aromatic rings. The largest absolute Gasteiger partial charge is 0.494 e. The number of fused-ring (bicyclic) bond motifs is 6. The maximum atomic E-state index is 13.5. The van der Waals surface area contributed by atoms with Gasteiger partial charge in [-0.2, -0.15) is 19.2 Å². The smallest absolute Gasteiger partial charge is 0.410 e. The molecule has 0 saturated carbocycles. The van der Waals surface area contributed by atoms with Crippen molar-refractivity contribution in [1.82, 2.24) is 49.0 Å². The van der Waals surface area contributed by atoms with Crippen molar-refractivity contribution in [2.24, 2.45) is 0 Å². The molecule has 6 atom stereocenters. The number of hydrogen-bond acceptors (Lipinski definition) is 19. The van der Waals surface area contributed by atoms with E-state index in [9.17, 15) is 19.8 Å². The Hall–Kier alpha value is -5.67. The number of anilines is 2. The summed E-state index contributed by atoms with van der Waals surface area (Å²) in [5.41, 5.74) is 5.22. The van der Waals surface area contributed by atoms with Crippen molar-refractivity contribution in [3.8, 4) is 22.3 Å². The first-order valence-corrected chi connectivity index (χ1v) is 54.8. The molecule has 23 nitrogen and oxygen atoms in total. The number of hydrogen-bond donors (Lipinski definition) is 2. The Morgan fingerprint density at radius 1 is 0.519 bits per heavy atom. The fourth-order valence-corrected chi connectivity index (χ4v) is 18.3. The Morgan fingerprint density at radius 2 is 0.852 bits per heavy atom. The van der Waals surface area contributed by atoms with Gasteiger partial charge in [0.05, 0.1) is 51.8 Å². The molecule has 108 heavy (non-hydrogen) atoms. The van der Waals surface area contributed by atoms with Crippen molar-refractivity contribution in [2.45, 2.75) is 289 Å². The zero-order valence-corrected chi connectivity index (χ0v) is 75.0. The third kappa shape index (κ3) is 23.0. The molecule has 28 heteroatoms. The molecule has 0 aliphatic carbocycles. The maximum Gasteiger partial charge on any atom is 0.410 e. The minimum Gasteiger partial charge on any atom is -0.494 e. The molecule has 0 spiro atoms. The lowest BCUT2D eigenvalue weighted by atomic mass is 9.85. The van der Waals surface area contributed by atoms with E-state index in [1.807, 2.05) is 104 Å². The number of carbonyl (C=O) groups excluding carboxylic acids is 2. The molecule has 6 aromatic heterocycles. The Kier molecular flexibility index (Phi) is 27.8. The second kappa shape index (κ2) is 34.7. The predicted molar refractivity (Wildman–Crippen MR) is 446 cm³/mol. The van der Waals surface area contributed by atoms with Gasteiger partial charge in [0.2, 0.25) is 0 Å². The molecule has 0 radical (unpaired) electrons. The average molecular weight is 1630 g/mol. The van der Waals surface area contributed by atoms with Crippen LogP contribution in [-0.2, 0) is 44.4 Å². The van der Waals surface area contributed by atoms with Gasteiger partial charge in [-0.05, 0) is 180 Å². The fraction of sp³-hybridized carbons (Fsp3) is 0.675. The SMILES string of the molecule is C=C(OCC)c1c(C2CC3CC[C@@H](C2)N3C(=O)OC(C)(C)C)nc2c(-c3ccc(C(C)(C)O)nc3)cnn2c1N(COCC[Si](C)(C)C)COCC[Si](C)(C)C.CC(C)(C)OC(=O)N1C2CC[C@H]1CC(c1nc3c(-c4ccc(C(C)(C)O)nc4)cnn3c(N(COCC[Si](C)(C)C)COCC[Si](C)(C)C)c1Br)C2. The molecular formula is C80H129BrN12O11Si4. The second-order valence-electron chi connectivity index (χ2n) is 38.1. The van der Waals surface area contributed by atoms with E-state index < -0.39 is 54.7 Å². The van der Waals surface area contributed by atoms with E-state index >= 15 is 0 Å². The summed E-state index contributed by atoms with van der Waals surface area (Å²) < 4.78 is 48.4. The molecule has 0 aromatic carbocycles. The molecule has 4 unspecified atom stereocenters. The first kappa shape index (κ1) is 86.3. The van der Waals surface area contributed by atoms with Crippen LogP contribution in [0.4, 0.5) is 21.2 Å². The quantitative estimate of drug-likeness (QED) is 0.0178. The fourth-order valence-electron chi connectivity index (χ4n) is 14.4. The van der Waals surface area contributed by atoms with E-state index in [-0.39, 0.29) is 61.7 Å². The summed E-state index contributed by atoms with van der Waals surface area (Å²) in [4.78, 5) is 55.2. The van der Waals surface area contributed by atoms with Crippen molar-refractivity contribution < 1.29 is 53.0 Å². The minimum absolute atomic E-state index is 0.00282. The van der Waals surface area contributed by atoms with Gasteiger partial charge in [-0.3, -0.25) is 9.97 Å². The van der Waals surface area contributed by atoms with Gasteiger partial charge in [-0.1, -0.05) is 97.3 Å². The van der Waals surface area contributed by atoms with Crippen LogP contribution in [0.15, 0.2) is 60.1 Å². The van der Waals surface area contributed by atoms with Gasteiger partial charge in [0.1, 0.15) is 60.9 Å².